The second-order valence-corrected chi connectivity index (χ2v) is 24.7. The summed E-state index contributed by atoms with van der Waals surface area (Å²) in [4.78, 5) is 0. The monoisotopic (exact) mass is 577 g/mol. The molecule has 0 aliphatic heterocycles. The van der Waals surface area contributed by atoms with E-state index in [0.29, 0.717) is 0 Å². The van der Waals surface area contributed by atoms with Crippen LogP contribution in [0.25, 0.3) is 0 Å². The van der Waals surface area contributed by atoms with Crippen LogP contribution in [-0.2, 0) is 0 Å². The van der Waals surface area contributed by atoms with E-state index in [2.05, 4.69) is 176 Å². The number of nitrogens with zero attached hydrogens (tertiary/aromatic N) is 12. The first-order chi connectivity index (χ1) is 15.6. The van der Waals surface area contributed by atoms with Gasteiger partial charge in [-0.1, -0.05) is 0 Å². The highest BCUT2D eigenvalue weighted by Crippen LogP contribution is 2.80. The van der Waals surface area contributed by atoms with Gasteiger partial charge in [0.05, 0.1) is 0 Å². The maximum Gasteiger partial charge on any atom is 0.369 e. The summed E-state index contributed by atoms with van der Waals surface area (Å²) in [6.07, 6.45) is 0. The topological polar surface area (TPSA) is 66.2 Å². The molecule has 0 aliphatic carbocycles. The van der Waals surface area contributed by atoms with Crippen molar-refractivity contribution in [1.82, 2.24) is 42.0 Å². The number of hydrogen-bond donors (Lipinski definition) is 0. The van der Waals surface area contributed by atoms with Crippen molar-refractivity contribution in [3.05, 3.63) is 0 Å². The molecule has 0 aliphatic rings. The Bertz CT molecular complexity index is 654. The zero-order chi connectivity index (χ0) is 28.3. The van der Waals surface area contributed by atoms with Crippen LogP contribution in [0.15, 0.2) is 13.5 Å². The number of rotatable bonds is 12. The zero-order valence-corrected chi connectivity index (χ0v) is 29.7. The van der Waals surface area contributed by atoms with Gasteiger partial charge in [-0.25, -0.2) is 42.0 Å². The van der Waals surface area contributed by atoms with E-state index < -0.39 is 30.2 Å². The first kappa shape index (κ1) is 35.8. The second kappa shape index (κ2) is 13.2. The fourth-order valence-corrected chi connectivity index (χ4v) is 23.7. The van der Waals surface area contributed by atoms with E-state index in [1.807, 2.05) is 0 Å². The van der Waals surface area contributed by atoms with E-state index in [-0.39, 0.29) is 0 Å². The molecule has 0 saturated heterocycles. The molecular formula is C19H57N12P4+. The van der Waals surface area contributed by atoms with E-state index in [0.717, 1.165) is 0 Å². The molecule has 0 unspecified atom stereocenters. The molecule has 0 amide bonds. The van der Waals surface area contributed by atoms with Crippen LogP contribution in [0, 0.1) is 0 Å². The molecule has 212 valence electrons. The molecule has 0 N–H and O–H groups in total. The van der Waals surface area contributed by atoms with Crippen LogP contribution in [0.2, 0.25) is 0 Å². The summed E-state index contributed by atoms with van der Waals surface area (Å²) in [5.74, 6) is 0. The fourth-order valence-electron chi connectivity index (χ4n) is 4.68. The van der Waals surface area contributed by atoms with Crippen LogP contribution in [0.4, 0.5) is 0 Å². The van der Waals surface area contributed by atoms with Crippen LogP contribution in [0.3, 0.4) is 0 Å². The molecule has 16 heteroatoms. The van der Waals surface area contributed by atoms with Crippen molar-refractivity contribution in [3.63, 3.8) is 0 Å². The average Bonchev–Trinajstić information content (AvgIpc) is 2.66. The molecule has 0 radical (unpaired) electrons. The van der Waals surface area contributed by atoms with E-state index in [1.54, 1.807) is 0 Å². The Morgan fingerprint density at radius 1 is 0.314 bits per heavy atom. The van der Waals surface area contributed by atoms with E-state index in [4.69, 9.17) is 13.5 Å². The molecule has 12 nitrogen and oxygen atoms in total. The average molecular weight is 578 g/mol. The van der Waals surface area contributed by atoms with E-state index >= 15 is 0 Å². The van der Waals surface area contributed by atoms with Crippen LogP contribution < -0.4 is 0 Å². The van der Waals surface area contributed by atoms with Crippen molar-refractivity contribution in [1.29, 1.82) is 0 Å². The third-order valence-corrected chi connectivity index (χ3v) is 22.3. The maximum atomic E-state index is 5.76. The minimum atomic E-state index is -2.67. The van der Waals surface area contributed by atoms with Gasteiger partial charge < -0.3 is 0 Å². The highest BCUT2D eigenvalue weighted by atomic mass is 31.3. The van der Waals surface area contributed by atoms with Crippen molar-refractivity contribution in [3.8, 4) is 0 Å². The fraction of sp³-hybridized carbons (Fsp3) is 1.00. The molecule has 0 aromatic rings. The van der Waals surface area contributed by atoms with Gasteiger partial charge in [0.1, 0.15) is 6.66 Å². The van der Waals surface area contributed by atoms with Gasteiger partial charge >= 0.3 is 7.71 Å². The van der Waals surface area contributed by atoms with Crippen molar-refractivity contribution < 1.29 is 0 Å². The quantitative estimate of drug-likeness (QED) is 0.317. The summed E-state index contributed by atoms with van der Waals surface area (Å²) in [5.41, 5.74) is 0. The SMILES string of the molecule is CN(C)P(=N[P+](C)(N=P(N(C)C)(N(C)C)N(C)C)N=P(N(C)C)(N(C)C)N(C)C)(N(C)C)N(C)C. The lowest BCUT2D eigenvalue weighted by Crippen LogP contribution is -2.32. The molecule has 0 heterocycles. The van der Waals surface area contributed by atoms with Gasteiger partial charge in [0.2, 0.25) is 22.5 Å². The smallest absolute Gasteiger partial charge is 0.249 e. The Balaban J connectivity index is 8.48. The molecular weight excluding hydrogens is 520 g/mol. The Labute approximate surface area is 219 Å². The highest BCUT2D eigenvalue weighted by molar-refractivity contribution is 7.85. The summed E-state index contributed by atoms with van der Waals surface area (Å²) < 4.78 is 37.5. The lowest BCUT2D eigenvalue weighted by Gasteiger charge is -2.43. The lowest BCUT2D eigenvalue weighted by molar-refractivity contribution is 0.472. The molecule has 0 rings (SSSR count). The van der Waals surface area contributed by atoms with Gasteiger partial charge in [0, 0.05) is 0 Å². The van der Waals surface area contributed by atoms with Crippen LogP contribution >= 0.6 is 30.2 Å². The minimum Gasteiger partial charge on any atom is -0.249 e. The summed E-state index contributed by atoms with van der Waals surface area (Å²) in [6.45, 7) is 2.19. The second-order valence-electron chi connectivity index (χ2n) is 10.4. The summed E-state index contributed by atoms with van der Waals surface area (Å²) in [7, 11) is 28.5. The zero-order valence-electron chi connectivity index (χ0n) is 26.2. The Kier molecular flexibility index (Phi) is 13.5. The van der Waals surface area contributed by atoms with Crippen molar-refractivity contribution in [2.75, 3.05) is 134 Å². The molecule has 0 aromatic carbocycles. The molecule has 0 aromatic heterocycles. The van der Waals surface area contributed by atoms with E-state index in [9.17, 15) is 0 Å². The van der Waals surface area contributed by atoms with Gasteiger partial charge in [-0.2, -0.15) is 0 Å². The standard InChI is InChI=1S/C19H57N12P4/c1-23(2)33(24(3)4,25(5)6)20-32(19,21-34(26(7)8,27(9)10)28(11)12)22-35(29(13)14,30(15)16)31(17)18/h1-19H3/q+1. The predicted molar refractivity (Wildman–Crippen MR) is 164 cm³/mol. The van der Waals surface area contributed by atoms with Crippen LogP contribution in [0.1, 0.15) is 0 Å². The summed E-state index contributed by atoms with van der Waals surface area (Å²) in [5, 5.41) is 0. The highest BCUT2D eigenvalue weighted by Gasteiger charge is 2.49. The van der Waals surface area contributed by atoms with Gasteiger partial charge in [0.25, 0.3) is 0 Å². The first-order valence-corrected chi connectivity index (χ1v) is 18.4. The van der Waals surface area contributed by atoms with E-state index in [1.165, 1.54) is 0 Å². The molecule has 0 spiro atoms. The molecule has 35 heavy (non-hydrogen) atoms. The molecule has 0 fully saturated rings. The van der Waals surface area contributed by atoms with Crippen LogP contribution in [-0.4, -0.2) is 176 Å². The van der Waals surface area contributed by atoms with Crippen molar-refractivity contribution >= 4 is 30.2 Å². The summed E-state index contributed by atoms with van der Waals surface area (Å²) >= 11 is 0. The Morgan fingerprint density at radius 2 is 0.429 bits per heavy atom. The van der Waals surface area contributed by atoms with Crippen molar-refractivity contribution in [2.45, 2.75) is 0 Å². The van der Waals surface area contributed by atoms with Crippen LogP contribution in [0.5, 0.6) is 0 Å². The minimum absolute atomic E-state index is 2.11. The maximum absolute atomic E-state index is 5.76. The summed E-state index contributed by atoms with van der Waals surface area (Å²) in [6, 6.07) is 0. The number of hydrogen-bond acceptors (Lipinski definition) is 3. The predicted octanol–water partition coefficient (Wildman–Crippen LogP) is 4.27. The van der Waals surface area contributed by atoms with Gasteiger partial charge in [-0.3, -0.25) is 0 Å². The van der Waals surface area contributed by atoms with Gasteiger partial charge in [-0.15, -0.1) is 0 Å². The Hall–Kier alpha value is 0.760. The van der Waals surface area contributed by atoms with Gasteiger partial charge in [0.15, 0.2) is 0 Å². The Morgan fingerprint density at radius 3 is 0.514 bits per heavy atom. The normalized spacial score (nSPS) is 14.7. The van der Waals surface area contributed by atoms with Gasteiger partial charge in [-0.05, 0) is 140 Å². The third-order valence-electron chi connectivity index (χ3n) is 5.70. The lowest BCUT2D eigenvalue weighted by atomic mass is 11.2. The molecule has 0 saturated carbocycles. The first-order valence-electron chi connectivity index (χ1n) is 11.5. The third kappa shape index (κ3) is 7.05. The largest absolute Gasteiger partial charge is 0.369 e. The molecule has 0 bridgehead atoms. The van der Waals surface area contributed by atoms with Crippen molar-refractivity contribution in [2.24, 2.45) is 13.5 Å². The molecule has 0 atom stereocenters.